The first-order chi connectivity index (χ1) is 9.10. The Balaban J connectivity index is 2.12. The van der Waals surface area contributed by atoms with E-state index in [1.165, 1.54) is 17.5 Å². The minimum absolute atomic E-state index is 0.0345. The normalized spacial score (nSPS) is 21.4. The summed E-state index contributed by atoms with van der Waals surface area (Å²) in [5.41, 5.74) is 0.916. The van der Waals surface area contributed by atoms with Gasteiger partial charge in [-0.15, -0.1) is 11.6 Å². The van der Waals surface area contributed by atoms with Gasteiger partial charge in [0.25, 0.3) is 5.56 Å². The van der Waals surface area contributed by atoms with Crippen LogP contribution in [0.2, 0.25) is 0 Å². The number of hydrogen-bond acceptors (Lipinski definition) is 3. The van der Waals surface area contributed by atoms with Gasteiger partial charge in [-0.3, -0.25) is 4.79 Å². The Morgan fingerprint density at radius 1 is 1.58 bits per heavy atom. The maximum Gasteiger partial charge on any atom is 0.268 e. The topological polar surface area (TPSA) is 38.1 Å². The number of halogens is 1. The Bertz CT molecular complexity index is 474. The van der Waals surface area contributed by atoms with Crippen molar-refractivity contribution in [1.29, 1.82) is 0 Å². The molecule has 2 heterocycles. The van der Waals surface area contributed by atoms with E-state index < -0.39 is 0 Å². The molecular weight excluding hydrogens is 262 g/mol. The minimum Gasteiger partial charge on any atom is -0.370 e. The van der Waals surface area contributed by atoms with Crippen LogP contribution in [0.5, 0.6) is 0 Å². The van der Waals surface area contributed by atoms with E-state index in [9.17, 15) is 4.79 Å². The largest absolute Gasteiger partial charge is 0.370 e. The fourth-order valence-electron chi connectivity index (χ4n) is 2.50. The van der Waals surface area contributed by atoms with Crippen LogP contribution in [0.4, 0.5) is 5.69 Å². The van der Waals surface area contributed by atoms with Crippen molar-refractivity contribution in [3.8, 4) is 0 Å². The number of aromatic nitrogens is 2. The van der Waals surface area contributed by atoms with Crippen molar-refractivity contribution in [2.24, 2.45) is 11.8 Å². The molecule has 0 aromatic carbocycles. The predicted octanol–water partition coefficient (Wildman–Crippen LogP) is 2.35. The van der Waals surface area contributed by atoms with E-state index in [1.54, 1.807) is 12.3 Å². The summed E-state index contributed by atoms with van der Waals surface area (Å²) in [5, 5.41) is 4.27. The van der Waals surface area contributed by atoms with Gasteiger partial charge in [0.2, 0.25) is 0 Å². The Morgan fingerprint density at radius 3 is 3.00 bits per heavy atom. The Labute approximate surface area is 119 Å². The van der Waals surface area contributed by atoms with E-state index in [4.69, 9.17) is 11.6 Å². The van der Waals surface area contributed by atoms with E-state index in [-0.39, 0.29) is 11.5 Å². The van der Waals surface area contributed by atoms with Crippen LogP contribution in [0.1, 0.15) is 26.7 Å². The van der Waals surface area contributed by atoms with Gasteiger partial charge in [0.05, 0.1) is 11.9 Å². The highest BCUT2D eigenvalue weighted by atomic mass is 35.5. The summed E-state index contributed by atoms with van der Waals surface area (Å²) in [5.74, 6) is 1.49. The number of anilines is 1. The molecule has 4 nitrogen and oxygen atoms in total. The van der Waals surface area contributed by atoms with E-state index in [0.29, 0.717) is 18.3 Å². The third kappa shape index (κ3) is 3.72. The van der Waals surface area contributed by atoms with Crippen molar-refractivity contribution >= 4 is 17.3 Å². The molecule has 2 rings (SSSR count). The second kappa shape index (κ2) is 6.42. The third-order valence-corrected chi connectivity index (χ3v) is 4.15. The molecule has 1 aliphatic rings. The maximum absolute atomic E-state index is 12.0. The van der Waals surface area contributed by atoms with Gasteiger partial charge in [0.15, 0.2) is 0 Å². The summed E-state index contributed by atoms with van der Waals surface area (Å²) >= 11 is 5.77. The van der Waals surface area contributed by atoms with Gasteiger partial charge in [-0.1, -0.05) is 13.8 Å². The fourth-order valence-corrected chi connectivity index (χ4v) is 2.60. The lowest BCUT2D eigenvalue weighted by molar-refractivity contribution is 0.442. The van der Waals surface area contributed by atoms with Gasteiger partial charge < -0.3 is 4.90 Å². The quantitative estimate of drug-likeness (QED) is 0.796. The van der Waals surface area contributed by atoms with Crippen molar-refractivity contribution in [3.05, 3.63) is 22.6 Å². The smallest absolute Gasteiger partial charge is 0.268 e. The zero-order valence-corrected chi connectivity index (χ0v) is 12.4. The van der Waals surface area contributed by atoms with Crippen LogP contribution in [-0.2, 0) is 6.54 Å². The molecule has 1 aromatic rings. The number of hydrogen-bond donors (Lipinski definition) is 0. The Morgan fingerprint density at radius 2 is 2.37 bits per heavy atom. The van der Waals surface area contributed by atoms with Crippen molar-refractivity contribution < 1.29 is 0 Å². The van der Waals surface area contributed by atoms with E-state index in [2.05, 4.69) is 16.9 Å². The molecule has 0 aliphatic carbocycles. The summed E-state index contributed by atoms with van der Waals surface area (Å²) in [6.45, 7) is 6.89. The van der Waals surface area contributed by atoms with Crippen LogP contribution in [0.25, 0.3) is 0 Å². The number of piperidine rings is 1. The zero-order chi connectivity index (χ0) is 13.8. The van der Waals surface area contributed by atoms with E-state index in [0.717, 1.165) is 18.8 Å². The molecule has 19 heavy (non-hydrogen) atoms. The molecule has 106 valence electrons. The van der Waals surface area contributed by atoms with E-state index >= 15 is 0 Å². The van der Waals surface area contributed by atoms with Crippen molar-refractivity contribution in [1.82, 2.24) is 9.78 Å². The lowest BCUT2D eigenvalue weighted by Crippen LogP contribution is -2.36. The highest BCUT2D eigenvalue weighted by molar-refractivity contribution is 6.18. The van der Waals surface area contributed by atoms with Gasteiger partial charge in [-0.05, 0) is 24.7 Å². The van der Waals surface area contributed by atoms with Crippen LogP contribution < -0.4 is 10.5 Å². The molecule has 1 fully saturated rings. The molecular formula is C14H22ClN3O. The molecule has 0 saturated carbocycles. The Kier molecular flexibility index (Phi) is 4.86. The summed E-state index contributed by atoms with van der Waals surface area (Å²) < 4.78 is 1.50. The van der Waals surface area contributed by atoms with Crippen LogP contribution in [0.15, 0.2) is 17.1 Å². The predicted molar refractivity (Wildman–Crippen MR) is 79.0 cm³/mol. The summed E-state index contributed by atoms with van der Waals surface area (Å²) in [4.78, 5) is 14.3. The lowest BCUT2D eigenvalue weighted by Gasteiger charge is -2.32. The van der Waals surface area contributed by atoms with Gasteiger partial charge in [0, 0.05) is 31.6 Å². The monoisotopic (exact) mass is 283 g/mol. The molecule has 5 heteroatoms. The molecule has 1 saturated heterocycles. The first-order valence-corrected chi connectivity index (χ1v) is 7.51. The fraction of sp³-hybridized carbons (Fsp3) is 0.714. The molecule has 0 bridgehead atoms. The summed E-state index contributed by atoms with van der Waals surface area (Å²) in [6.07, 6.45) is 4.27. The van der Waals surface area contributed by atoms with Crippen molar-refractivity contribution in [2.45, 2.75) is 33.2 Å². The zero-order valence-electron chi connectivity index (χ0n) is 11.7. The molecule has 0 radical (unpaired) electrons. The van der Waals surface area contributed by atoms with E-state index in [1.807, 2.05) is 6.92 Å². The summed E-state index contributed by atoms with van der Waals surface area (Å²) in [6, 6.07) is 1.70. The molecule has 0 N–H and O–H groups in total. The molecule has 1 aliphatic heterocycles. The van der Waals surface area contributed by atoms with Gasteiger partial charge in [-0.2, -0.15) is 5.10 Å². The van der Waals surface area contributed by atoms with Crippen LogP contribution in [0.3, 0.4) is 0 Å². The highest BCUT2D eigenvalue weighted by Crippen LogP contribution is 2.20. The third-order valence-electron chi connectivity index (χ3n) is 3.63. The van der Waals surface area contributed by atoms with Gasteiger partial charge >= 0.3 is 0 Å². The average molecular weight is 284 g/mol. The standard InChI is InChI=1S/C14H22ClN3O/c1-11-4-3-5-17(9-11)13-6-14(19)18(16-8-13)10-12(2)7-15/h6,8,11-12H,3-5,7,9-10H2,1-2H3. The minimum atomic E-state index is -0.0345. The second-order valence-electron chi connectivity index (χ2n) is 5.69. The molecule has 0 spiro atoms. The van der Waals surface area contributed by atoms with Crippen molar-refractivity contribution in [2.75, 3.05) is 23.9 Å². The summed E-state index contributed by atoms with van der Waals surface area (Å²) in [7, 11) is 0. The molecule has 1 aromatic heterocycles. The Hall–Kier alpha value is -1.03. The lowest BCUT2D eigenvalue weighted by atomic mass is 10.00. The number of nitrogens with zero attached hydrogens (tertiary/aromatic N) is 3. The first-order valence-electron chi connectivity index (χ1n) is 6.98. The second-order valence-corrected chi connectivity index (χ2v) is 6.00. The van der Waals surface area contributed by atoms with Crippen molar-refractivity contribution in [3.63, 3.8) is 0 Å². The molecule has 2 unspecified atom stereocenters. The molecule has 2 atom stereocenters. The number of alkyl halides is 1. The van der Waals surface area contributed by atoms with Crippen LogP contribution in [0, 0.1) is 11.8 Å². The SMILES string of the molecule is CC1CCCN(c2cnn(CC(C)CCl)c(=O)c2)C1. The van der Waals surface area contributed by atoms with Gasteiger partial charge in [0.1, 0.15) is 0 Å². The van der Waals surface area contributed by atoms with Crippen LogP contribution >= 0.6 is 11.6 Å². The first kappa shape index (κ1) is 14.4. The number of rotatable bonds is 4. The maximum atomic E-state index is 12.0. The van der Waals surface area contributed by atoms with Gasteiger partial charge in [-0.25, -0.2) is 4.68 Å². The average Bonchev–Trinajstić information content (AvgIpc) is 2.41. The van der Waals surface area contributed by atoms with Crippen LogP contribution in [-0.4, -0.2) is 28.8 Å². The highest BCUT2D eigenvalue weighted by Gasteiger charge is 2.17. The molecule has 0 amide bonds.